The molecule has 2 aliphatic heterocycles. The molecular formula is C17H28N4O. The molecule has 2 saturated heterocycles. The van der Waals surface area contributed by atoms with Crippen LogP contribution in [-0.2, 0) is 0 Å². The number of nitrogens with zero attached hydrogens (tertiary/aromatic N) is 4. The van der Waals surface area contributed by atoms with Gasteiger partial charge in [-0.15, -0.1) is 0 Å². The van der Waals surface area contributed by atoms with Crippen LogP contribution in [0.25, 0.3) is 0 Å². The van der Waals surface area contributed by atoms with Crippen LogP contribution in [0, 0.1) is 0 Å². The predicted octanol–water partition coefficient (Wildman–Crippen LogP) is 2.03. The Hall–Kier alpha value is -1.20. The third-order valence-electron chi connectivity index (χ3n) is 5.21. The van der Waals surface area contributed by atoms with Gasteiger partial charge in [-0.2, -0.15) is 0 Å². The first-order valence-corrected chi connectivity index (χ1v) is 8.63. The molecule has 122 valence electrons. The van der Waals surface area contributed by atoms with E-state index in [4.69, 9.17) is 0 Å². The molecule has 1 atom stereocenters. The van der Waals surface area contributed by atoms with Gasteiger partial charge in [0.1, 0.15) is 0 Å². The molecule has 5 heteroatoms. The van der Waals surface area contributed by atoms with E-state index in [1.165, 1.54) is 0 Å². The van der Waals surface area contributed by atoms with Crippen molar-refractivity contribution in [2.75, 3.05) is 31.1 Å². The van der Waals surface area contributed by atoms with Crippen LogP contribution in [-0.4, -0.2) is 58.3 Å². The molecule has 0 aliphatic carbocycles. The van der Waals surface area contributed by atoms with E-state index in [9.17, 15) is 5.11 Å². The van der Waals surface area contributed by atoms with Gasteiger partial charge in [0, 0.05) is 30.9 Å². The fourth-order valence-electron chi connectivity index (χ4n) is 3.84. The maximum Gasteiger partial charge on any atom is 0.150 e. The van der Waals surface area contributed by atoms with Crippen molar-refractivity contribution in [2.45, 2.75) is 57.5 Å². The van der Waals surface area contributed by atoms with Crippen molar-refractivity contribution >= 4 is 5.82 Å². The van der Waals surface area contributed by atoms with Crippen LogP contribution in [0.3, 0.4) is 0 Å². The standard InChI is InChI=1S/C17H28N4O/c1-13(2)20-10-5-14(6-11-20)16-17(19-8-7-18-16)21-9-3-4-15(21)12-22/h7-8,13-15,22H,3-6,9-12H2,1-2H3/t15-/m1/s1. The third-order valence-corrected chi connectivity index (χ3v) is 5.21. The second kappa shape index (κ2) is 6.92. The highest BCUT2D eigenvalue weighted by Gasteiger charge is 2.31. The molecule has 0 spiro atoms. The van der Waals surface area contributed by atoms with Crippen molar-refractivity contribution in [1.82, 2.24) is 14.9 Å². The van der Waals surface area contributed by atoms with Gasteiger partial charge in [-0.1, -0.05) is 0 Å². The lowest BCUT2D eigenvalue weighted by Crippen LogP contribution is -2.39. The number of aliphatic hydroxyl groups excluding tert-OH is 1. The summed E-state index contributed by atoms with van der Waals surface area (Å²) in [7, 11) is 0. The van der Waals surface area contributed by atoms with E-state index in [0.29, 0.717) is 12.0 Å². The predicted molar refractivity (Wildman–Crippen MR) is 88.2 cm³/mol. The van der Waals surface area contributed by atoms with E-state index in [0.717, 1.165) is 56.8 Å². The van der Waals surface area contributed by atoms with Crippen LogP contribution in [0.15, 0.2) is 12.4 Å². The van der Waals surface area contributed by atoms with Gasteiger partial charge in [-0.25, -0.2) is 4.98 Å². The smallest absolute Gasteiger partial charge is 0.150 e. The summed E-state index contributed by atoms with van der Waals surface area (Å²) >= 11 is 0. The van der Waals surface area contributed by atoms with Gasteiger partial charge in [-0.3, -0.25) is 4.98 Å². The summed E-state index contributed by atoms with van der Waals surface area (Å²) in [6, 6.07) is 0.839. The zero-order valence-corrected chi connectivity index (χ0v) is 13.8. The van der Waals surface area contributed by atoms with Crippen LogP contribution in [0.5, 0.6) is 0 Å². The van der Waals surface area contributed by atoms with E-state index in [1.807, 2.05) is 6.20 Å². The SMILES string of the molecule is CC(C)N1CCC(c2nccnc2N2CCC[C@@H]2CO)CC1. The minimum absolute atomic E-state index is 0.210. The molecule has 1 N–H and O–H groups in total. The van der Waals surface area contributed by atoms with Crippen LogP contribution < -0.4 is 4.90 Å². The normalized spacial score (nSPS) is 24.4. The molecule has 0 amide bonds. The Morgan fingerprint density at radius 2 is 1.86 bits per heavy atom. The molecule has 5 nitrogen and oxygen atoms in total. The number of hydrogen-bond donors (Lipinski definition) is 1. The van der Waals surface area contributed by atoms with Crippen molar-refractivity contribution in [3.8, 4) is 0 Å². The van der Waals surface area contributed by atoms with E-state index >= 15 is 0 Å². The minimum Gasteiger partial charge on any atom is -0.394 e. The summed E-state index contributed by atoms with van der Waals surface area (Å²) in [4.78, 5) is 14.1. The summed E-state index contributed by atoms with van der Waals surface area (Å²) < 4.78 is 0. The van der Waals surface area contributed by atoms with Crippen LogP contribution in [0.4, 0.5) is 5.82 Å². The van der Waals surface area contributed by atoms with Crippen molar-refractivity contribution in [2.24, 2.45) is 0 Å². The van der Waals surface area contributed by atoms with Crippen molar-refractivity contribution in [3.05, 3.63) is 18.1 Å². The number of piperidine rings is 1. The highest BCUT2D eigenvalue weighted by molar-refractivity contribution is 5.47. The Morgan fingerprint density at radius 3 is 2.55 bits per heavy atom. The first-order valence-electron chi connectivity index (χ1n) is 8.63. The zero-order chi connectivity index (χ0) is 15.5. The maximum absolute atomic E-state index is 9.60. The lowest BCUT2D eigenvalue weighted by Gasteiger charge is -2.35. The van der Waals surface area contributed by atoms with E-state index in [2.05, 4.69) is 33.6 Å². The number of aromatic nitrogens is 2. The molecule has 0 radical (unpaired) electrons. The Bertz CT molecular complexity index is 485. The topological polar surface area (TPSA) is 52.5 Å². The van der Waals surface area contributed by atoms with Gasteiger partial charge in [-0.05, 0) is 52.6 Å². The van der Waals surface area contributed by atoms with Crippen molar-refractivity contribution in [1.29, 1.82) is 0 Å². The quantitative estimate of drug-likeness (QED) is 0.922. The Labute approximate surface area is 133 Å². The summed E-state index contributed by atoms with van der Waals surface area (Å²) in [5.74, 6) is 1.51. The van der Waals surface area contributed by atoms with Crippen LogP contribution in [0.2, 0.25) is 0 Å². The molecule has 1 aromatic rings. The van der Waals surface area contributed by atoms with Crippen LogP contribution in [0.1, 0.15) is 51.1 Å². The third kappa shape index (κ3) is 3.10. The number of aliphatic hydroxyl groups is 1. The van der Waals surface area contributed by atoms with Gasteiger partial charge in [0.2, 0.25) is 0 Å². The average Bonchev–Trinajstić information content (AvgIpc) is 3.03. The molecule has 0 bridgehead atoms. The fourth-order valence-corrected chi connectivity index (χ4v) is 3.84. The van der Waals surface area contributed by atoms with E-state index < -0.39 is 0 Å². The maximum atomic E-state index is 9.60. The largest absolute Gasteiger partial charge is 0.394 e. The summed E-state index contributed by atoms with van der Waals surface area (Å²) in [6.07, 6.45) is 8.10. The second-order valence-corrected chi connectivity index (χ2v) is 6.84. The molecule has 22 heavy (non-hydrogen) atoms. The lowest BCUT2D eigenvalue weighted by molar-refractivity contribution is 0.170. The molecule has 2 aliphatic rings. The van der Waals surface area contributed by atoms with Gasteiger partial charge >= 0.3 is 0 Å². The van der Waals surface area contributed by atoms with Gasteiger partial charge in [0.05, 0.1) is 18.3 Å². The Balaban J connectivity index is 1.77. The zero-order valence-electron chi connectivity index (χ0n) is 13.8. The molecule has 0 unspecified atom stereocenters. The average molecular weight is 304 g/mol. The van der Waals surface area contributed by atoms with Crippen molar-refractivity contribution < 1.29 is 5.11 Å². The van der Waals surface area contributed by atoms with Crippen molar-refractivity contribution in [3.63, 3.8) is 0 Å². The summed E-state index contributed by atoms with van der Waals surface area (Å²) in [5.41, 5.74) is 1.14. The monoisotopic (exact) mass is 304 g/mol. The number of hydrogen-bond acceptors (Lipinski definition) is 5. The summed E-state index contributed by atoms with van der Waals surface area (Å²) in [5, 5.41) is 9.60. The number of anilines is 1. The Morgan fingerprint density at radius 1 is 1.14 bits per heavy atom. The number of likely N-dealkylation sites (tertiary alicyclic amines) is 1. The molecule has 2 fully saturated rings. The Kier molecular flexibility index (Phi) is 4.93. The first kappa shape index (κ1) is 15.7. The fraction of sp³-hybridized carbons (Fsp3) is 0.765. The molecule has 1 aromatic heterocycles. The first-order chi connectivity index (χ1) is 10.7. The second-order valence-electron chi connectivity index (χ2n) is 6.84. The van der Waals surface area contributed by atoms with Gasteiger partial charge in [0.25, 0.3) is 0 Å². The lowest BCUT2D eigenvalue weighted by atomic mass is 9.92. The molecule has 3 heterocycles. The highest BCUT2D eigenvalue weighted by atomic mass is 16.3. The molecule has 3 rings (SSSR count). The van der Waals surface area contributed by atoms with Gasteiger partial charge in [0.15, 0.2) is 5.82 Å². The highest BCUT2D eigenvalue weighted by Crippen LogP contribution is 2.34. The van der Waals surface area contributed by atoms with Crippen LogP contribution >= 0.6 is 0 Å². The summed E-state index contributed by atoms with van der Waals surface area (Å²) in [6.45, 7) is 8.02. The molecule has 0 saturated carbocycles. The molecule has 0 aromatic carbocycles. The number of rotatable bonds is 4. The molecular weight excluding hydrogens is 276 g/mol. The minimum atomic E-state index is 0.210. The van der Waals surface area contributed by atoms with E-state index in [1.54, 1.807) is 6.20 Å². The van der Waals surface area contributed by atoms with E-state index in [-0.39, 0.29) is 12.6 Å². The van der Waals surface area contributed by atoms with Gasteiger partial charge < -0.3 is 14.9 Å².